The first kappa shape index (κ1) is 11.9. The van der Waals surface area contributed by atoms with E-state index in [2.05, 4.69) is 0 Å². The van der Waals surface area contributed by atoms with Crippen LogP contribution in [-0.4, -0.2) is 23.9 Å². The summed E-state index contributed by atoms with van der Waals surface area (Å²) in [5, 5.41) is 18.8. The summed E-state index contributed by atoms with van der Waals surface area (Å²) in [7, 11) is 1.56. The van der Waals surface area contributed by atoms with Gasteiger partial charge in [0.1, 0.15) is 11.5 Å². The monoisotopic (exact) mass is 210 g/mol. The number of methoxy groups -OCH3 is 1. The molecule has 3 nitrogen and oxygen atoms in total. The van der Waals surface area contributed by atoms with Gasteiger partial charge < -0.3 is 14.9 Å². The van der Waals surface area contributed by atoms with E-state index in [1.165, 1.54) is 0 Å². The summed E-state index contributed by atoms with van der Waals surface area (Å²) in [5.74, 6) is 0.851. The summed E-state index contributed by atoms with van der Waals surface area (Å²) >= 11 is 0. The molecule has 84 valence electrons. The lowest BCUT2D eigenvalue weighted by Crippen LogP contribution is -2.18. The standard InChI is InChI=1S/C12H18O3/c1-12(2,6-7-13)10-5-4-9(15-3)8-11(10)14/h4-5,8,13-14H,6-7H2,1-3H3. The Morgan fingerprint density at radius 3 is 2.47 bits per heavy atom. The maximum absolute atomic E-state index is 9.82. The first-order valence-corrected chi connectivity index (χ1v) is 4.99. The van der Waals surface area contributed by atoms with E-state index in [1.54, 1.807) is 13.2 Å². The number of aliphatic hydroxyl groups excluding tert-OH is 1. The van der Waals surface area contributed by atoms with E-state index < -0.39 is 0 Å². The molecule has 0 aliphatic heterocycles. The highest BCUT2D eigenvalue weighted by Crippen LogP contribution is 2.35. The van der Waals surface area contributed by atoms with Crippen molar-refractivity contribution in [3.8, 4) is 11.5 Å². The van der Waals surface area contributed by atoms with Crippen LogP contribution in [0.15, 0.2) is 18.2 Å². The summed E-state index contributed by atoms with van der Waals surface area (Å²) in [6.45, 7) is 4.09. The second-order valence-electron chi connectivity index (χ2n) is 4.24. The molecule has 1 rings (SSSR count). The minimum Gasteiger partial charge on any atom is -0.508 e. The maximum atomic E-state index is 9.82. The molecule has 0 saturated heterocycles. The fourth-order valence-corrected chi connectivity index (χ4v) is 1.62. The number of aliphatic hydroxyl groups is 1. The SMILES string of the molecule is COc1ccc(C(C)(C)CCO)c(O)c1. The number of rotatable bonds is 4. The minimum atomic E-state index is -0.231. The third-order valence-corrected chi connectivity index (χ3v) is 2.67. The summed E-state index contributed by atoms with van der Waals surface area (Å²) in [4.78, 5) is 0. The van der Waals surface area contributed by atoms with E-state index in [1.807, 2.05) is 26.0 Å². The average Bonchev–Trinajstić information content (AvgIpc) is 2.17. The average molecular weight is 210 g/mol. The van der Waals surface area contributed by atoms with Crippen LogP contribution in [-0.2, 0) is 5.41 Å². The molecule has 3 heteroatoms. The molecule has 0 aliphatic carbocycles. The van der Waals surface area contributed by atoms with Crippen LogP contribution in [0.4, 0.5) is 0 Å². The zero-order valence-electron chi connectivity index (χ0n) is 9.45. The number of phenols is 1. The van der Waals surface area contributed by atoms with Gasteiger partial charge in [0, 0.05) is 12.7 Å². The number of hydrogen-bond acceptors (Lipinski definition) is 3. The predicted molar refractivity (Wildman–Crippen MR) is 59.4 cm³/mol. The first-order valence-electron chi connectivity index (χ1n) is 4.99. The highest BCUT2D eigenvalue weighted by molar-refractivity contribution is 5.43. The van der Waals surface area contributed by atoms with Crippen molar-refractivity contribution in [3.05, 3.63) is 23.8 Å². The van der Waals surface area contributed by atoms with Crippen LogP contribution >= 0.6 is 0 Å². The van der Waals surface area contributed by atoms with Gasteiger partial charge in [0.15, 0.2) is 0 Å². The van der Waals surface area contributed by atoms with Gasteiger partial charge in [-0.05, 0) is 23.5 Å². The van der Waals surface area contributed by atoms with Crippen LogP contribution in [0.3, 0.4) is 0 Å². The van der Waals surface area contributed by atoms with Crippen LogP contribution in [0.1, 0.15) is 25.8 Å². The van der Waals surface area contributed by atoms with Crippen molar-refractivity contribution in [3.63, 3.8) is 0 Å². The molecular formula is C12H18O3. The Morgan fingerprint density at radius 1 is 1.33 bits per heavy atom. The van der Waals surface area contributed by atoms with Crippen LogP contribution in [0, 0.1) is 0 Å². The molecule has 15 heavy (non-hydrogen) atoms. The molecule has 1 aromatic rings. The lowest BCUT2D eigenvalue weighted by atomic mass is 9.81. The molecule has 0 radical (unpaired) electrons. The van der Waals surface area contributed by atoms with Crippen molar-refractivity contribution in [2.45, 2.75) is 25.7 Å². The lowest BCUT2D eigenvalue weighted by molar-refractivity contribution is 0.250. The molecule has 0 fully saturated rings. The van der Waals surface area contributed by atoms with Crippen molar-refractivity contribution < 1.29 is 14.9 Å². The summed E-state index contributed by atoms with van der Waals surface area (Å²) in [5.41, 5.74) is 0.600. The number of aromatic hydroxyl groups is 1. The molecule has 0 saturated carbocycles. The van der Waals surface area contributed by atoms with Gasteiger partial charge in [-0.1, -0.05) is 19.9 Å². The molecule has 1 aromatic carbocycles. The highest BCUT2D eigenvalue weighted by atomic mass is 16.5. The number of benzene rings is 1. The Morgan fingerprint density at radius 2 is 2.00 bits per heavy atom. The van der Waals surface area contributed by atoms with E-state index >= 15 is 0 Å². The maximum Gasteiger partial charge on any atom is 0.123 e. The van der Waals surface area contributed by atoms with Crippen molar-refractivity contribution in [1.82, 2.24) is 0 Å². The van der Waals surface area contributed by atoms with Gasteiger partial charge >= 0.3 is 0 Å². The molecule has 0 aromatic heterocycles. The quantitative estimate of drug-likeness (QED) is 0.799. The number of phenolic OH excluding ortho intramolecular Hbond substituents is 1. The predicted octanol–water partition coefficient (Wildman–Crippen LogP) is 2.06. The van der Waals surface area contributed by atoms with Gasteiger partial charge in [0.25, 0.3) is 0 Å². The van der Waals surface area contributed by atoms with E-state index in [9.17, 15) is 5.11 Å². The van der Waals surface area contributed by atoms with Crippen molar-refractivity contribution in [2.75, 3.05) is 13.7 Å². The van der Waals surface area contributed by atoms with E-state index in [-0.39, 0.29) is 17.8 Å². The van der Waals surface area contributed by atoms with Crippen molar-refractivity contribution >= 4 is 0 Å². The molecule has 0 spiro atoms. The molecule has 0 atom stereocenters. The van der Waals surface area contributed by atoms with Crippen LogP contribution in [0.2, 0.25) is 0 Å². The lowest BCUT2D eigenvalue weighted by Gasteiger charge is -2.25. The Bertz CT molecular complexity index is 332. The van der Waals surface area contributed by atoms with Gasteiger partial charge in [-0.2, -0.15) is 0 Å². The summed E-state index contributed by atoms with van der Waals surface area (Å²) < 4.78 is 5.01. The van der Waals surface area contributed by atoms with Crippen LogP contribution < -0.4 is 4.74 Å². The fraction of sp³-hybridized carbons (Fsp3) is 0.500. The number of ether oxygens (including phenoxy) is 1. The largest absolute Gasteiger partial charge is 0.508 e. The van der Waals surface area contributed by atoms with Gasteiger partial charge in [-0.25, -0.2) is 0 Å². The zero-order chi connectivity index (χ0) is 11.5. The molecular weight excluding hydrogens is 192 g/mol. The molecule has 0 amide bonds. The Labute approximate surface area is 90.3 Å². The van der Waals surface area contributed by atoms with Crippen molar-refractivity contribution in [2.24, 2.45) is 0 Å². The Balaban J connectivity index is 3.04. The zero-order valence-corrected chi connectivity index (χ0v) is 9.45. The number of hydrogen-bond donors (Lipinski definition) is 2. The second kappa shape index (κ2) is 4.53. The Hall–Kier alpha value is -1.22. The minimum absolute atomic E-state index is 0.110. The molecule has 0 unspecified atom stereocenters. The van der Waals surface area contributed by atoms with Gasteiger partial charge in [-0.15, -0.1) is 0 Å². The van der Waals surface area contributed by atoms with Gasteiger partial charge in [0.2, 0.25) is 0 Å². The summed E-state index contributed by atoms with van der Waals surface area (Å²) in [6.07, 6.45) is 0.618. The second-order valence-corrected chi connectivity index (χ2v) is 4.24. The topological polar surface area (TPSA) is 49.7 Å². The van der Waals surface area contributed by atoms with E-state index in [0.29, 0.717) is 12.2 Å². The normalized spacial score (nSPS) is 11.5. The molecule has 2 N–H and O–H groups in total. The van der Waals surface area contributed by atoms with Gasteiger partial charge in [-0.3, -0.25) is 0 Å². The highest BCUT2D eigenvalue weighted by Gasteiger charge is 2.23. The third kappa shape index (κ3) is 2.63. The van der Waals surface area contributed by atoms with E-state index in [4.69, 9.17) is 9.84 Å². The Kier molecular flexibility index (Phi) is 3.58. The molecule has 0 bridgehead atoms. The van der Waals surface area contributed by atoms with Crippen LogP contribution in [0.5, 0.6) is 11.5 Å². The molecule has 0 heterocycles. The molecule has 0 aliphatic rings. The van der Waals surface area contributed by atoms with Gasteiger partial charge in [0.05, 0.1) is 7.11 Å². The third-order valence-electron chi connectivity index (χ3n) is 2.67. The fourth-order valence-electron chi connectivity index (χ4n) is 1.62. The summed E-state index contributed by atoms with van der Waals surface area (Å²) in [6, 6.07) is 5.24. The van der Waals surface area contributed by atoms with E-state index in [0.717, 1.165) is 5.56 Å². The van der Waals surface area contributed by atoms with Crippen LogP contribution in [0.25, 0.3) is 0 Å². The smallest absolute Gasteiger partial charge is 0.123 e. The van der Waals surface area contributed by atoms with Crippen molar-refractivity contribution in [1.29, 1.82) is 0 Å². The first-order chi connectivity index (χ1) is 7.01.